The number of sulfonamides is 1. The first kappa shape index (κ1) is 16.9. The third-order valence-electron chi connectivity index (χ3n) is 3.51. The number of sulfone groups is 1. The Balaban J connectivity index is 2.18. The average Bonchev–Trinajstić information content (AvgIpc) is 2.34. The monoisotopic (exact) mass is 342 g/mol. The molecule has 1 fully saturated rings. The minimum Gasteiger partial charge on any atom is -0.228 e. The van der Waals surface area contributed by atoms with Crippen LogP contribution in [0, 0.1) is 17.2 Å². The number of nitriles is 1. The lowest BCUT2D eigenvalue weighted by Gasteiger charge is -2.37. The molecule has 1 aliphatic rings. The molecule has 1 aromatic rings. The summed E-state index contributed by atoms with van der Waals surface area (Å²) in [6.45, 7) is 3.54. The van der Waals surface area contributed by atoms with Crippen molar-refractivity contribution >= 4 is 19.9 Å². The van der Waals surface area contributed by atoms with Crippen LogP contribution in [0.1, 0.15) is 19.4 Å². The van der Waals surface area contributed by atoms with E-state index >= 15 is 0 Å². The number of rotatable bonds is 5. The predicted molar refractivity (Wildman–Crippen MR) is 82.3 cm³/mol. The van der Waals surface area contributed by atoms with Gasteiger partial charge in [0.2, 0.25) is 10.0 Å². The van der Waals surface area contributed by atoms with Crippen LogP contribution in [-0.2, 0) is 19.9 Å². The molecule has 0 amide bonds. The van der Waals surface area contributed by atoms with Crippen LogP contribution < -0.4 is 0 Å². The highest BCUT2D eigenvalue weighted by molar-refractivity contribution is 7.92. The van der Waals surface area contributed by atoms with Gasteiger partial charge < -0.3 is 0 Å². The van der Waals surface area contributed by atoms with E-state index in [9.17, 15) is 16.8 Å². The molecule has 2 rings (SSSR count). The summed E-state index contributed by atoms with van der Waals surface area (Å²) in [5, 5.41) is 8.35. The molecular weight excluding hydrogens is 324 g/mol. The lowest BCUT2D eigenvalue weighted by Crippen LogP contribution is -2.57. The van der Waals surface area contributed by atoms with Crippen LogP contribution in [0.3, 0.4) is 0 Å². The second-order valence-corrected chi connectivity index (χ2v) is 10.0. The number of hydrogen-bond acceptors (Lipinski definition) is 5. The van der Waals surface area contributed by atoms with Crippen molar-refractivity contribution in [2.24, 2.45) is 5.92 Å². The maximum Gasteiger partial charge on any atom is 0.244 e. The normalized spacial score (nSPS) is 17.2. The average molecular weight is 342 g/mol. The minimum absolute atomic E-state index is 0.00923. The van der Waals surface area contributed by atoms with Gasteiger partial charge in [0.05, 0.1) is 21.5 Å². The number of benzene rings is 1. The predicted octanol–water partition coefficient (Wildman–Crippen LogP) is 1.00. The summed E-state index contributed by atoms with van der Waals surface area (Å²) in [6.07, 6.45) is 0. The molecule has 1 heterocycles. The van der Waals surface area contributed by atoms with E-state index in [4.69, 9.17) is 5.26 Å². The maximum atomic E-state index is 12.5. The van der Waals surface area contributed by atoms with E-state index in [2.05, 4.69) is 0 Å². The van der Waals surface area contributed by atoms with Crippen LogP contribution in [0.15, 0.2) is 29.2 Å². The van der Waals surface area contributed by atoms with Gasteiger partial charge in [-0.15, -0.1) is 0 Å². The first-order valence-electron chi connectivity index (χ1n) is 6.89. The van der Waals surface area contributed by atoms with Crippen LogP contribution in [0.25, 0.3) is 0 Å². The molecule has 1 aliphatic heterocycles. The Kier molecular flexibility index (Phi) is 4.61. The molecule has 120 valence electrons. The summed E-state index contributed by atoms with van der Waals surface area (Å²) in [4.78, 5) is -0.0720. The second-order valence-electron chi connectivity index (χ2n) is 5.78. The fourth-order valence-electron chi connectivity index (χ4n) is 2.35. The second kappa shape index (κ2) is 5.99. The molecule has 1 saturated heterocycles. The number of nitrogens with zero attached hydrogens (tertiary/aromatic N) is 2. The highest BCUT2D eigenvalue weighted by Crippen LogP contribution is 2.27. The molecular formula is C14H18N2O4S2. The van der Waals surface area contributed by atoms with Crippen LogP contribution in [0.5, 0.6) is 0 Å². The molecule has 22 heavy (non-hydrogen) atoms. The fourth-order valence-corrected chi connectivity index (χ4v) is 6.22. The molecule has 0 unspecified atom stereocenters. The summed E-state index contributed by atoms with van der Waals surface area (Å²) in [5.41, 5.74) is 0.0657. The molecule has 0 radical (unpaired) electrons. The Morgan fingerprint density at radius 3 is 2.36 bits per heavy atom. The highest BCUT2D eigenvalue weighted by Gasteiger charge is 2.44. The topological polar surface area (TPSA) is 95.3 Å². The summed E-state index contributed by atoms with van der Waals surface area (Å²) in [7, 11) is -7.11. The summed E-state index contributed by atoms with van der Waals surface area (Å²) in [6, 6.07) is 7.77. The highest BCUT2D eigenvalue weighted by atomic mass is 32.2. The maximum absolute atomic E-state index is 12.5. The standard InChI is InChI=1S/C14H18N2O4S2/c1-11(2)10-21(17,18)13-8-16(9-13)22(19,20)14-6-4-3-5-12(14)7-15/h3-6,11,13H,8-10H2,1-2H3. The molecule has 0 bridgehead atoms. The van der Waals surface area contributed by atoms with Crippen LogP contribution >= 0.6 is 0 Å². The first-order valence-corrected chi connectivity index (χ1v) is 10.0. The molecule has 1 aromatic carbocycles. The van der Waals surface area contributed by atoms with E-state index in [0.29, 0.717) is 0 Å². The third kappa shape index (κ3) is 3.16. The van der Waals surface area contributed by atoms with Gasteiger partial charge in [0.25, 0.3) is 0 Å². The van der Waals surface area contributed by atoms with Gasteiger partial charge in [-0.1, -0.05) is 26.0 Å². The van der Waals surface area contributed by atoms with Gasteiger partial charge in [-0.2, -0.15) is 9.57 Å². The van der Waals surface area contributed by atoms with E-state index in [1.807, 2.05) is 19.9 Å². The van der Waals surface area contributed by atoms with Gasteiger partial charge in [-0.25, -0.2) is 16.8 Å². The van der Waals surface area contributed by atoms with Gasteiger partial charge in [0.1, 0.15) is 6.07 Å². The van der Waals surface area contributed by atoms with Crippen molar-refractivity contribution in [1.82, 2.24) is 4.31 Å². The zero-order chi connectivity index (χ0) is 16.5. The van der Waals surface area contributed by atoms with E-state index in [1.54, 1.807) is 12.1 Å². The van der Waals surface area contributed by atoms with Crippen molar-refractivity contribution in [3.05, 3.63) is 29.8 Å². The van der Waals surface area contributed by atoms with E-state index in [-0.39, 0.29) is 35.2 Å². The summed E-state index contributed by atoms with van der Waals surface area (Å²) in [5.74, 6) is 0.0651. The summed E-state index contributed by atoms with van der Waals surface area (Å²) >= 11 is 0. The Morgan fingerprint density at radius 2 is 1.82 bits per heavy atom. The van der Waals surface area contributed by atoms with E-state index in [0.717, 1.165) is 4.31 Å². The minimum atomic E-state index is -3.82. The Labute approximate surface area is 131 Å². The molecule has 8 heteroatoms. The van der Waals surface area contributed by atoms with Crippen molar-refractivity contribution < 1.29 is 16.8 Å². The van der Waals surface area contributed by atoms with Gasteiger partial charge in [0, 0.05) is 13.1 Å². The zero-order valence-corrected chi connectivity index (χ0v) is 14.1. The molecule has 0 atom stereocenters. The van der Waals surface area contributed by atoms with Crippen LogP contribution in [-0.4, -0.2) is 45.2 Å². The van der Waals surface area contributed by atoms with Gasteiger partial charge in [-0.05, 0) is 18.1 Å². The molecule has 0 saturated carbocycles. The van der Waals surface area contributed by atoms with Gasteiger partial charge in [0.15, 0.2) is 9.84 Å². The largest absolute Gasteiger partial charge is 0.244 e. The van der Waals surface area contributed by atoms with Gasteiger partial charge in [-0.3, -0.25) is 0 Å². The van der Waals surface area contributed by atoms with Gasteiger partial charge >= 0.3 is 0 Å². The van der Waals surface area contributed by atoms with Crippen LogP contribution in [0.2, 0.25) is 0 Å². The SMILES string of the molecule is CC(C)CS(=O)(=O)C1CN(S(=O)(=O)c2ccccc2C#N)C1. The molecule has 0 N–H and O–H groups in total. The molecule has 0 spiro atoms. The van der Waals surface area contributed by atoms with Crippen molar-refractivity contribution in [2.75, 3.05) is 18.8 Å². The van der Waals surface area contributed by atoms with E-state index in [1.165, 1.54) is 12.1 Å². The molecule has 0 aromatic heterocycles. The van der Waals surface area contributed by atoms with Crippen LogP contribution in [0.4, 0.5) is 0 Å². The van der Waals surface area contributed by atoms with Crippen molar-refractivity contribution in [3.8, 4) is 6.07 Å². The Morgan fingerprint density at radius 1 is 1.23 bits per heavy atom. The summed E-state index contributed by atoms with van der Waals surface area (Å²) < 4.78 is 50.2. The lowest BCUT2D eigenvalue weighted by atomic mass is 10.2. The van der Waals surface area contributed by atoms with Crippen molar-refractivity contribution in [1.29, 1.82) is 5.26 Å². The first-order chi connectivity index (χ1) is 10.2. The molecule has 6 nitrogen and oxygen atoms in total. The quantitative estimate of drug-likeness (QED) is 0.795. The smallest absolute Gasteiger partial charge is 0.228 e. The van der Waals surface area contributed by atoms with E-state index < -0.39 is 25.1 Å². The number of hydrogen-bond donors (Lipinski definition) is 0. The zero-order valence-electron chi connectivity index (χ0n) is 12.4. The fraction of sp³-hybridized carbons (Fsp3) is 0.500. The Hall–Kier alpha value is -1.43. The van der Waals surface area contributed by atoms with Crippen molar-refractivity contribution in [2.45, 2.75) is 24.0 Å². The third-order valence-corrected chi connectivity index (χ3v) is 7.85. The lowest BCUT2D eigenvalue weighted by molar-refractivity contribution is 0.309. The Bertz CT molecular complexity index is 801. The molecule has 0 aliphatic carbocycles. The van der Waals surface area contributed by atoms with Crippen molar-refractivity contribution in [3.63, 3.8) is 0 Å².